The molecule has 82 valence electrons. The van der Waals surface area contributed by atoms with Gasteiger partial charge in [0.2, 0.25) is 0 Å². The summed E-state index contributed by atoms with van der Waals surface area (Å²) >= 11 is 0. The summed E-state index contributed by atoms with van der Waals surface area (Å²) < 4.78 is 5.71. The molecule has 0 aliphatic carbocycles. The summed E-state index contributed by atoms with van der Waals surface area (Å²) in [6.07, 6.45) is 2.77. The first-order valence-electron chi connectivity index (χ1n) is 5.51. The Balaban J connectivity index is 2.47. The van der Waals surface area contributed by atoms with Gasteiger partial charge in [0.25, 0.3) is 0 Å². The first kappa shape index (κ1) is 11.8. The van der Waals surface area contributed by atoms with Crippen LogP contribution >= 0.6 is 0 Å². The van der Waals surface area contributed by atoms with E-state index in [9.17, 15) is 0 Å². The summed E-state index contributed by atoms with van der Waals surface area (Å²) in [5, 5.41) is 2.23. The van der Waals surface area contributed by atoms with E-state index in [2.05, 4.69) is 24.9 Å². The van der Waals surface area contributed by atoms with Gasteiger partial charge in [0.15, 0.2) is 0 Å². The van der Waals surface area contributed by atoms with Crippen LogP contribution in [0.15, 0.2) is 36.9 Å². The van der Waals surface area contributed by atoms with E-state index in [1.54, 1.807) is 0 Å². The molecule has 0 aliphatic rings. The zero-order valence-corrected chi connectivity index (χ0v) is 9.41. The normalized spacial score (nSPS) is 9.93. The number of allylic oxidation sites excluding steroid dienone is 1. The van der Waals surface area contributed by atoms with Crippen LogP contribution in [0.1, 0.15) is 12.5 Å². The molecule has 2 nitrogen and oxygen atoms in total. The molecule has 0 heterocycles. The van der Waals surface area contributed by atoms with Crippen molar-refractivity contribution >= 4 is 0 Å². The summed E-state index contributed by atoms with van der Waals surface area (Å²) in [5.74, 6) is 0.988. The van der Waals surface area contributed by atoms with Crippen LogP contribution in [0.5, 0.6) is 5.75 Å². The van der Waals surface area contributed by atoms with E-state index in [1.807, 2.05) is 24.3 Å². The quantitative estimate of drug-likeness (QED) is 0.529. The number of benzene rings is 1. The van der Waals surface area contributed by atoms with Crippen LogP contribution in [0.25, 0.3) is 0 Å². The van der Waals surface area contributed by atoms with Crippen LogP contribution in [0, 0.1) is 0 Å². The van der Waals surface area contributed by atoms with Crippen molar-refractivity contribution in [2.24, 2.45) is 0 Å². The van der Waals surface area contributed by atoms with Crippen LogP contribution in [0.2, 0.25) is 0 Å². The van der Waals surface area contributed by atoms with E-state index in [0.29, 0.717) is 0 Å². The van der Waals surface area contributed by atoms with Crippen molar-refractivity contribution < 1.29 is 10.1 Å². The molecule has 0 spiro atoms. The zero-order valence-electron chi connectivity index (χ0n) is 9.41. The van der Waals surface area contributed by atoms with Crippen molar-refractivity contribution in [2.45, 2.75) is 13.3 Å². The van der Waals surface area contributed by atoms with Crippen LogP contribution < -0.4 is 10.1 Å². The van der Waals surface area contributed by atoms with Crippen molar-refractivity contribution in [2.75, 3.05) is 19.7 Å². The van der Waals surface area contributed by atoms with Crippen LogP contribution in [0.3, 0.4) is 0 Å². The van der Waals surface area contributed by atoms with E-state index < -0.39 is 0 Å². The first-order chi connectivity index (χ1) is 7.38. The number of nitrogens with two attached hydrogens (primary N) is 1. The minimum absolute atomic E-state index is 0.766. The summed E-state index contributed by atoms with van der Waals surface area (Å²) in [4.78, 5) is 0. The Hall–Kier alpha value is -1.28. The van der Waals surface area contributed by atoms with E-state index >= 15 is 0 Å². The highest BCUT2D eigenvalue weighted by Gasteiger charge is 2.00. The van der Waals surface area contributed by atoms with Crippen molar-refractivity contribution in [3.05, 3.63) is 42.5 Å². The lowest BCUT2D eigenvalue weighted by Crippen LogP contribution is -2.84. The fourth-order valence-corrected chi connectivity index (χ4v) is 1.43. The Labute approximate surface area is 92.0 Å². The summed E-state index contributed by atoms with van der Waals surface area (Å²) in [7, 11) is 0. The number of rotatable bonds is 7. The molecule has 0 amide bonds. The molecule has 1 aromatic carbocycles. The molecule has 1 rings (SSSR count). The van der Waals surface area contributed by atoms with Gasteiger partial charge in [-0.2, -0.15) is 0 Å². The number of para-hydroxylation sites is 1. The molecule has 0 saturated heterocycles. The molecule has 2 heteroatoms. The van der Waals surface area contributed by atoms with Gasteiger partial charge in [0.05, 0.1) is 6.54 Å². The second-order valence-corrected chi connectivity index (χ2v) is 3.43. The highest BCUT2D eigenvalue weighted by Crippen LogP contribution is 2.18. The Bertz CT molecular complexity index is 296. The maximum Gasteiger partial charge on any atom is 0.137 e. The Kier molecular flexibility index (Phi) is 5.56. The van der Waals surface area contributed by atoms with Gasteiger partial charge < -0.3 is 10.1 Å². The highest BCUT2D eigenvalue weighted by molar-refractivity contribution is 5.34. The van der Waals surface area contributed by atoms with Crippen LogP contribution in [0.4, 0.5) is 0 Å². The van der Waals surface area contributed by atoms with Gasteiger partial charge in [-0.3, -0.25) is 0 Å². The monoisotopic (exact) mass is 206 g/mol. The minimum Gasteiger partial charge on any atom is -0.487 e. The summed E-state index contributed by atoms with van der Waals surface area (Å²) in [6, 6.07) is 8.14. The molecule has 1 aromatic rings. The largest absolute Gasteiger partial charge is 0.487 e. The molecule has 0 aromatic heterocycles. The first-order valence-corrected chi connectivity index (χ1v) is 5.51. The van der Waals surface area contributed by atoms with Crippen molar-refractivity contribution in [3.63, 3.8) is 0 Å². The smallest absolute Gasteiger partial charge is 0.137 e. The Morgan fingerprint density at radius 3 is 2.93 bits per heavy atom. The molecule has 0 unspecified atom stereocenters. The molecule has 0 aliphatic heterocycles. The number of likely N-dealkylation sites (N-methyl/N-ethyl adjacent to an activating group) is 1. The standard InChI is InChI=1S/C13H19NO/c1-3-7-12-8-5-6-9-13(12)15-11-10-14-4-2/h3,5-6,8-9,14H,1,4,7,10-11H2,2H3/p+1. The summed E-state index contributed by atoms with van der Waals surface area (Å²) in [5.41, 5.74) is 1.21. The lowest BCUT2D eigenvalue weighted by atomic mass is 10.1. The lowest BCUT2D eigenvalue weighted by Gasteiger charge is -2.09. The van der Waals surface area contributed by atoms with E-state index in [-0.39, 0.29) is 0 Å². The minimum atomic E-state index is 0.766. The number of hydrogen-bond donors (Lipinski definition) is 1. The third kappa shape index (κ3) is 4.17. The molecular weight excluding hydrogens is 186 g/mol. The second-order valence-electron chi connectivity index (χ2n) is 3.43. The predicted molar refractivity (Wildman–Crippen MR) is 63.2 cm³/mol. The van der Waals surface area contributed by atoms with Crippen LogP contribution in [-0.2, 0) is 6.42 Å². The van der Waals surface area contributed by atoms with E-state index in [1.165, 1.54) is 5.56 Å². The third-order valence-corrected chi connectivity index (χ3v) is 2.21. The maximum atomic E-state index is 5.71. The third-order valence-electron chi connectivity index (χ3n) is 2.21. The topological polar surface area (TPSA) is 25.8 Å². The number of hydrogen-bond acceptors (Lipinski definition) is 1. The maximum absolute atomic E-state index is 5.71. The Morgan fingerprint density at radius 2 is 2.20 bits per heavy atom. The molecule has 0 saturated carbocycles. The molecule has 0 radical (unpaired) electrons. The van der Waals surface area contributed by atoms with E-state index in [0.717, 1.165) is 31.9 Å². The number of ether oxygens (including phenoxy) is 1. The van der Waals surface area contributed by atoms with Gasteiger partial charge in [0, 0.05) is 0 Å². The van der Waals surface area contributed by atoms with Gasteiger partial charge in [0.1, 0.15) is 18.9 Å². The molecular formula is C13H20NO+. The van der Waals surface area contributed by atoms with Gasteiger partial charge >= 0.3 is 0 Å². The lowest BCUT2D eigenvalue weighted by molar-refractivity contribution is -0.652. The highest BCUT2D eigenvalue weighted by atomic mass is 16.5. The van der Waals surface area contributed by atoms with Gasteiger partial charge in [-0.25, -0.2) is 0 Å². The molecule has 0 atom stereocenters. The van der Waals surface area contributed by atoms with Crippen LogP contribution in [-0.4, -0.2) is 19.7 Å². The molecule has 0 fully saturated rings. The van der Waals surface area contributed by atoms with Gasteiger partial charge in [-0.1, -0.05) is 24.3 Å². The van der Waals surface area contributed by atoms with Crippen molar-refractivity contribution in [1.82, 2.24) is 0 Å². The number of quaternary nitrogens is 1. The van der Waals surface area contributed by atoms with Crippen molar-refractivity contribution in [1.29, 1.82) is 0 Å². The van der Waals surface area contributed by atoms with Crippen molar-refractivity contribution in [3.8, 4) is 5.75 Å². The van der Waals surface area contributed by atoms with Gasteiger partial charge in [-0.05, 0) is 25.0 Å². The molecule has 2 N–H and O–H groups in total. The molecule has 0 bridgehead atoms. The molecule has 15 heavy (non-hydrogen) atoms. The SMILES string of the molecule is C=CCc1ccccc1OCC[NH2+]CC. The predicted octanol–water partition coefficient (Wildman–Crippen LogP) is 1.38. The van der Waals surface area contributed by atoms with Gasteiger partial charge in [-0.15, -0.1) is 6.58 Å². The zero-order chi connectivity index (χ0) is 10.9. The fraction of sp³-hybridized carbons (Fsp3) is 0.385. The Morgan fingerprint density at radius 1 is 1.40 bits per heavy atom. The second kappa shape index (κ2) is 7.07. The summed E-state index contributed by atoms with van der Waals surface area (Å²) in [6.45, 7) is 8.78. The average Bonchev–Trinajstić information content (AvgIpc) is 2.27. The fourth-order valence-electron chi connectivity index (χ4n) is 1.43. The average molecular weight is 206 g/mol. The van der Waals surface area contributed by atoms with E-state index in [4.69, 9.17) is 4.74 Å².